The summed E-state index contributed by atoms with van der Waals surface area (Å²) < 4.78 is 0. The third kappa shape index (κ3) is 3.22. The minimum atomic E-state index is -0.0597. The van der Waals surface area contributed by atoms with Crippen molar-refractivity contribution in [2.45, 2.75) is 39.7 Å². The van der Waals surface area contributed by atoms with E-state index in [9.17, 15) is 9.59 Å². The second kappa shape index (κ2) is 5.15. The maximum atomic E-state index is 11.5. The molecule has 0 aromatic heterocycles. The number of imide groups is 1. The number of amides is 2. The Morgan fingerprint density at radius 1 is 1.21 bits per heavy atom. The van der Waals surface area contributed by atoms with Crippen molar-refractivity contribution in [2.24, 2.45) is 10.4 Å². The molecule has 2 aliphatic heterocycles. The van der Waals surface area contributed by atoms with Crippen molar-refractivity contribution in [3.8, 4) is 0 Å². The normalized spacial score (nSPS) is 23.6. The second-order valence-corrected chi connectivity index (χ2v) is 6.09. The molecule has 1 saturated heterocycles. The van der Waals surface area contributed by atoms with Crippen molar-refractivity contribution in [1.29, 1.82) is 0 Å². The summed E-state index contributed by atoms with van der Waals surface area (Å²) in [6.07, 6.45) is 6.55. The number of rotatable bonds is 3. The van der Waals surface area contributed by atoms with Gasteiger partial charge in [-0.2, -0.15) is 0 Å². The van der Waals surface area contributed by atoms with Crippen molar-refractivity contribution in [3.63, 3.8) is 0 Å². The van der Waals surface area contributed by atoms with E-state index in [0.717, 1.165) is 0 Å². The molecule has 1 fully saturated rings. The molecule has 0 aromatic rings. The Morgan fingerprint density at radius 3 is 2.32 bits per heavy atom. The highest BCUT2D eigenvalue weighted by atomic mass is 16.2. The van der Waals surface area contributed by atoms with Gasteiger partial charge in [0, 0.05) is 32.1 Å². The van der Waals surface area contributed by atoms with Crippen molar-refractivity contribution in [2.75, 3.05) is 13.1 Å². The molecule has 2 amide bonds. The van der Waals surface area contributed by atoms with Crippen LogP contribution in [0.15, 0.2) is 17.3 Å². The number of carbonyl (C=O) groups is 2. The number of aliphatic imine (C=N–C) groups is 1. The molecule has 1 atom stereocenters. The molecule has 0 aliphatic carbocycles. The summed E-state index contributed by atoms with van der Waals surface area (Å²) in [5.41, 5.74) is 0.111. The van der Waals surface area contributed by atoms with Gasteiger partial charge in [-0.25, -0.2) is 0 Å². The average molecular weight is 263 g/mol. The van der Waals surface area contributed by atoms with E-state index in [1.807, 2.05) is 11.1 Å². The Morgan fingerprint density at radius 2 is 1.84 bits per heavy atom. The Hall–Kier alpha value is -1.65. The molecular weight excluding hydrogens is 242 g/mol. The molecule has 19 heavy (non-hydrogen) atoms. The minimum absolute atomic E-state index is 0.0597. The van der Waals surface area contributed by atoms with Crippen molar-refractivity contribution < 1.29 is 9.59 Å². The van der Waals surface area contributed by atoms with Gasteiger partial charge >= 0.3 is 0 Å². The fourth-order valence-corrected chi connectivity index (χ4v) is 2.17. The van der Waals surface area contributed by atoms with E-state index in [2.05, 4.69) is 31.8 Å². The van der Waals surface area contributed by atoms with E-state index in [-0.39, 0.29) is 23.3 Å². The lowest BCUT2D eigenvalue weighted by molar-refractivity contribution is -0.138. The van der Waals surface area contributed by atoms with Gasteiger partial charge in [-0.05, 0) is 11.5 Å². The first-order valence-corrected chi connectivity index (χ1v) is 6.68. The van der Waals surface area contributed by atoms with Crippen LogP contribution in [0.4, 0.5) is 0 Å². The van der Waals surface area contributed by atoms with Crippen LogP contribution in [0.25, 0.3) is 0 Å². The maximum absolute atomic E-state index is 11.5. The first-order chi connectivity index (χ1) is 8.88. The standard InChI is InChI=1S/C14H21N3O2/c1-14(2,3)11-6-7-16(10-15-11)8-9-17-12(18)4-5-13(17)19/h6-7,10-11H,4-5,8-9H2,1-3H3. The van der Waals surface area contributed by atoms with Crippen molar-refractivity contribution in [3.05, 3.63) is 12.3 Å². The molecule has 5 heteroatoms. The van der Waals surface area contributed by atoms with E-state index >= 15 is 0 Å². The van der Waals surface area contributed by atoms with Crippen LogP contribution < -0.4 is 0 Å². The smallest absolute Gasteiger partial charge is 0.229 e. The Bertz CT molecular complexity index is 404. The molecule has 0 aromatic carbocycles. The van der Waals surface area contributed by atoms with Crippen LogP contribution in [0, 0.1) is 5.41 Å². The Balaban J connectivity index is 1.85. The van der Waals surface area contributed by atoms with Crippen molar-refractivity contribution >= 4 is 18.2 Å². The highest BCUT2D eigenvalue weighted by Crippen LogP contribution is 2.24. The van der Waals surface area contributed by atoms with Crippen LogP contribution in [0.2, 0.25) is 0 Å². The van der Waals surface area contributed by atoms with E-state index in [0.29, 0.717) is 25.9 Å². The molecule has 0 saturated carbocycles. The van der Waals surface area contributed by atoms with Crippen LogP contribution in [-0.4, -0.2) is 47.1 Å². The van der Waals surface area contributed by atoms with Crippen LogP contribution in [0.5, 0.6) is 0 Å². The molecule has 0 radical (unpaired) electrons. The molecule has 5 nitrogen and oxygen atoms in total. The van der Waals surface area contributed by atoms with Crippen LogP contribution in [0.3, 0.4) is 0 Å². The lowest BCUT2D eigenvalue weighted by Crippen LogP contribution is -2.37. The van der Waals surface area contributed by atoms with Gasteiger partial charge < -0.3 is 4.90 Å². The predicted octanol–water partition coefficient (Wildman–Crippen LogP) is 1.41. The molecule has 104 valence electrons. The van der Waals surface area contributed by atoms with Crippen LogP contribution in [-0.2, 0) is 9.59 Å². The summed E-state index contributed by atoms with van der Waals surface area (Å²) in [6.45, 7) is 7.49. The monoisotopic (exact) mass is 263 g/mol. The fraction of sp³-hybridized carbons (Fsp3) is 0.643. The van der Waals surface area contributed by atoms with Crippen LogP contribution in [0.1, 0.15) is 33.6 Å². The topological polar surface area (TPSA) is 53.0 Å². The van der Waals surface area contributed by atoms with Gasteiger partial charge in [0.05, 0.1) is 12.4 Å². The lowest BCUT2D eigenvalue weighted by atomic mass is 9.87. The molecule has 1 unspecified atom stereocenters. The number of nitrogens with zero attached hydrogens (tertiary/aromatic N) is 3. The van der Waals surface area contributed by atoms with Gasteiger partial charge in [-0.15, -0.1) is 0 Å². The quantitative estimate of drug-likeness (QED) is 0.723. The molecule has 2 rings (SSSR count). The summed E-state index contributed by atoms with van der Waals surface area (Å²) in [5.74, 6) is -0.119. The van der Waals surface area contributed by atoms with E-state index < -0.39 is 0 Å². The molecule has 2 heterocycles. The van der Waals surface area contributed by atoms with Gasteiger partial charge in [0.15, 0.2) is 0 Å². The highest BCUT2D eigenvalue weighted by Gasteiger charge is 2.29. The summed E-state index contributed by atoms with van der Waals surface area (Å²) in [7, 11) is 0. The third-order valence-electron chi connectivity index (χ3n) is 3.46. The molecular formula is C14H21N3O2. The van der Waals surface area contributed by atoms with Crippen molar-refractivity contribution in [1.82, 2.24) is 9.80 Å². The fourth-order valence-electron chi connectivity index (χ4n) is 2.17. The largest absolute Gasteiger partial charge is 0.338 e. The second-order valence-electron chi connectivity index (χ2n) is 6.09. The zero-order valence-electron chi connectivity index (χ0n) is 11.8. The molecule has 0 bridgehead atoms. The highest BCUT2D eigenvalue weighted by molar-refractivity contribution is 6.01. The van der Waals surface area contributed by atoms with Gasteiger partial charge in [0.25, 0.3) is 0 Å². The van der Waals surface area contributed by atoms with Gasteiger partial charge in [-0.3, -0.25) is 19.5 Å². The zero-order chi connectivity index (χ0) is 14.0. The lowest BCUT2D eigenvalue weighted by Gasteiger charge is -2.29. The number of carbonyl (C=O) groups excluding carboxylic acids is 2. The first kappa shape index (κ1) is 13.8. The number of hydrogen-bond acceptors (Lipinski definition) is 4. The Kier molecular flexibility index (Phi) is 3.73. The zero-order valence-corrected chi connectivity index (χ0v) is 11.8. The minimum Gasteiger partial charge on any atom is -0.338 e. The van der Waals surface area contributed by atoms with E-state index in [1.165, 1.54) is 4.90 Å². The van der Waals surface area contributed by atoms with Gasteiger partial charge in [-0.1, -0.05) is 20.8 Å². The van der Waals surface area contributed by atoms with E-state index in [1.54, 1.807) is 6.34 Å². The molecule has 2 aliphatic rings. The number of hydrogen-bond donors (Lipinski definition) is 0. The SMILES string of the molecule is CC(C)(C)C1C=CN(CCN2C(=O)CCC2=O)C=N1. The molecule has 0 spiro atoms. The molecule has 0 N–H and O–H groups in total. The number of likely N-dealkylation sites (tertiary alicyclic amines) is 1. The van der Waals surface area contributed by atoms with Gasteiger partial charge in [0.1, 0.15) is 0 Å². The summed E-state index contributed by atoms with van der Waals surface area (Å²) >= 11 is 0. The van der Waals surface area contributed by atoms with Crippen LogP contribution >= 0.6 is 0 Å². The Labute approximate surface area is 114 Å². The summed E-state index contributed by atoms with van der Waals surface area (Å²) in [5, 5.41) is 0. The average Bonchev–Trinajstić information content (AvgIpc) is 2.66. The first-order valence-electron chi connectivity index (χ1n) is 6.68. The van der Waals surface area contributed by atoms with Gasteiger partial charge in [0.2, 0.25) is 11.8 Å². The summed E-state index contributed by atoms with van der Waals surface area (Å²) in [4.78, 5) is 30.7. The maximum Gasteiger partial charge on any atom is 0.229 e. The third-order valence-corrected chi connectivity index (χ3v) is 3.46. The van der Waals surface area contributed by atoms with E-state index in [4.69, 9.17) is 0 Å². The predicted molar refractivity (Wildman–Crippen MR) is 73.5 cm³/mol. The summed E-state index contributed by atoms with van der Waals surface area (Å²) in [6, 6.07) is 0.179.